The van der Waals surface area contributed by atoms with Crippen molar-refractivity contribution >= 4 is 0 Å². The largest absolute Gasteiger partial charge is 0.454 e. The highest BCUT2D eigenvalue weighted by Gasteiger charge is 2.37. The molecule has 3 rings (SSSR count). The average Bonchev–Trinajstić information content (AvgIpc) is 2.81. The van der Waals surface area contributed by atoms with Crippen LogP contribution in [0.3, 0.4) is 0 Å². The molecule has 0 radical (unpaired) electrons. The van der Waals surface area contributed by atoms with Crippen LogP contribution in [0.15, 0.2) is 18.2 Å². The Hall–Kier alpha value is -1.26. The van der Waals surface area contributed by atoms with Crippen LogP contribution in [0.1, 0.15) is 24.8 Å². The van der Waals surface area contributed by atoms with Gasteiger partial charge in [-0.1, -0.05) is 12.5 Å². The Kier molecular flexibility index (Phi) is 3.37. The molecule has 1 aromatic carbocycles. The number of hydrogen-bond donors (Lipinski definition) is 1. The maximum absolute atomic E-state index is 9.52. The van der Waals surface area contributed by atoms with E-state index >= 15 is 0 Å². The number of aliphatic hydroxyl groups excluding tert-OH is 1. The van der Waals surface area contributed by atoms with Crippen molar-refractivity contribution in [2.45, 2.75) is 25.8 Å². The van der Waals surface area contributed by atoms with E-state index in [-0.39, 0.29) is 5.41 Å². The predicted molar refractivity (Wildman–Crippen MR) is 72.3 cm³/mol. The Morgan fingerprint density at radius 1 is 1.26 bits per heavy atom. The lowest BCUT2D eigenvalue weighted by Crippen LogP contribution is -2.43. The fourth-order valence-corrected chi connectivity index (χ4v) is 3.02. The molecule has 1 fully saturated rings. The molecule has 4 nitrogen and oxygen atoms in total. The van der Waals surface area contributed by atoms with E-state index < -0.39 is 0 Å². The summed E-state index contributed by atoms with van der Waals surface area (Å²) in [7, 11) is 2.11. The minimum absolute atomic E-state index is 0.144. The van der Waals surface area contributed by atoms with Gasteiger partial charge in [-0.05, 0) is 37.6 Å². The second-order valence-electron chi connectivity index (χ2n) is 5.87. The molecule has 1 heterocycles. The number of aliphatic hydroxyl groups is 1. The quantitative estimate of drug-likeness (QED) is 0.882. The van der Waals surface area contributed by atoms with Crippen LogP contribution >= 0.6 is 0 Å². The molecule has 4 heteroatoms. The molecular formula is C15H21NO3. The van der Waals surface area contributed by atoms with Gasteiger partial charge in [0.1, 0.15) is 0 Å². The highest BCUT2D eigenvalue weighted by molar-refractivity contribution is 5.44. The summed E-state index contributed by atoms with van der Waals surface area (Å²) in [6.07, 6.45) is 3.54. The minimum atomic E-state index is 0.144. The smallest absolute Gasteiger partial charge is 0.231 e. The minimum Gasteiger partial charge on any atom is -0.454 e. The molecule has 0 amide bonds. The normalized spacial score (nSPS) is 19.5. The second-order valence-corrected chi connectivity index (χ2v) is 5.87. The van der Waals surface area contributed by atoms with Gasteiger partial charge in [-0.15, -0.1) is 0 Å². The fraction of sp³-hybridized carbons (Fsp3) is 0.600. The molecule has 0 bridgehead atoms. The number of ether oxygens (including phenoxy) is 2. The van der Waals surface area contributed by atoms with Crippen molar-refractivity contribution in [3.8, 4) is 11.5 Å². The molecule has 0 aromatic heterocycles. The van der Waals surface area contributed by atoms with Gasteiger partial charge >= 0.3 is 0 Å². The third-order valence-electron chi connectivity index (χ3n) is 4.24. The van der Waals surface area contributed by atoms with Gasteiger partial charge in [0, 0.05) is 25.1 Å². The van der Waals surface area contributed by atoms with Gasteiger partial charge in [0.05, 0.1) is 0 Å². The molecule has 0 unspecified atom stereocenters. The van der Waals surface area contributed by atoms with Crippen molar-refractivity contribution < 1.29 is 14.6 Å². The lowest BCUT2D eigenvalue weighted by Gasteiger charge is -2.43. The van der Waals surface area contributed by atoms with Crippen LogP contribution < -0.4 is 9.47 Å². The lowest BCUT2D eigenvalue weighted by atomic mass is 9.69. The first kappa shape index (κ1) is 12.8. The van der Waals surface area contributed by atoms with Crippen molar-refractivity contribution in [2.24, 2.45) is 5.41 Å². The highest BCUT2D eigenvalue weighted by atomic mass is 16.7. The molecule has 0 saturated heterocycles. The SMILES string of the molecule is CN(Cc1ccc2c(c1)OCO2)CC1(CO)CCC1. The van der Waals surface area contributed by atoms with E-state index in [0.717, 1.165) is 37.4 Å². The molecule has 1 aliphatic heterocycles. The number of rotatable bonds is 5. The average molecular weight is 263 g/mol. The zero-order valence-corrected chi connectivity index (χ0v) is 11.4. The number of fused-ring (bicyclic) bond motifs is 1. The lowest BCUT2D eigenvalue weighted by molar-refractivity contribution is 0.0127. The van der Waals surface area contributed by atoms with Crippen LogP contribution in [0.25, 0.3) is 0 Å². The molecule has 2 aliphatic rings. The second kappa shape index (κ2) is 5.02. The predicted octanol–water partition coefficient (Wildman–Crippen LogP) is 2.01. The zero-order chi connectivity index (χ0) is 13.3. The van der Waals surface area contributed by atoms with Gasteiger partial charge < -0.3 is 19.5 Å². The van der Waals surface area contributed by atoms with Crippen molar-refractivity contribution in [3.05, 3.63) is 23.8 Å². The van der Waals surface area contributed by atoms with Crippen molar-refractivity contribution in [3.63, 3.8) is 0 Å². The molecular weight excluding hydrogens is 242 g/mol. The Morgan fingerprint density at radius 2 is 2.05 bits per heavy atom. The van der Waals surface area contributed by atoms with Gasteiger partial charge in [-0.3, -0.25) is 0 Å². The first-order valence-electron chi connectivity index (χ1n) is 6.89. The fourth-order valence-electron chi connectivity index (χ4n) is 3.02. The van der Waals surface area contributed by atoms with Crippen LogP contribution in [-0.4, -0.2) is 37.0 Å². The van der Waals surface area contributed by atoms with E-state index in [9.17, 15) is 5.11 Å². The van der Waals surface area contributed by atoms with Crippen LogP contribution in [0.5, 0.6) is 11.5 Å². The number of nitrogens with zero attached hydrogens (tertiary/aromatic N) is 1. The maximum atomic E-state index is 9.52. The van der Waals surface area contributed by atoms with Crippen LogP contribution in [-0.2, 0) is 6.54 Å². The topological polar surface area (TPSA) is 41.9 Å². The van der Waals surface area contributed by atoms with Gasteiger partial charge in [0.25, 0.3) is 0 Å². The molecule has 104 valence electrons. The van der Waals surface area contributed by atoms with Gasteiger partial charge in [-0.2, -0.15) is 0 Å². The zero-order valence-electron chi connectivity index (χ0n) is 11.4. The van der Waals surface area contributed by atoms with Crippen molar-refractivity contribution in [1.82, 2.24) is 4.90 Å². The van der Waals surface area contributed by atoms with E-state index in [1.165, 1.54) is 12.0 Å². The number of hydrogen-bond acceptors (Lipinski definition) is 4. The third kappa shape index (κ3) is 2.55. The summed E-state index contributed by atoms with van der Waals surface area (Å²) in [5.74, 6) is 1.67. The molecule has 1 N–H and O–H groups in total. The van der Waals surface area contributed by atoms with E-state index in [2.05, 4.69) is 18.0 Å². The van der Waals surface area contributed by atoms with Gasteiger partial charge in [0.2, 0.25) is 6.79 Å². The summed E-state index contributed by atoms with van der Waals surface area (Å²) in [6.45, 7) is 2.46. The monoisotopic (exact) mass is 263 g/mol. The summed E-state index contributed by atoms with van der Waals surface area (Å²) >= 11 is 0. The Labute approximate surface area is 113 Å². The molecule has 1 aromatic rings. The standard InChI is InChI=1S/C15H21NO3/c1-16(9-15(10-17)5-2-6-15)8-12-3-4-13-14(7-12)19-11-18-13/h3-4,7,17H,2,5-6,8-11H2,1H3. The van der Waals surface area contributed by atoms with E-state index in [0.29, 0.717) is 13.4 Å². The van der Waals surface area contributed by atoms with Gasteiger partial charge in [-0.25, -0.2) is 0 Å². The Morgan fingerprint density at radius 3 is 2.74 bits per heavy atom. The molecule has 1 saturated carbocycles. The summed E-state index contributed by atoms with van der Waals surface area (Å²) in [5, 5.41) is 9.52. The first-order valence-corrected chi connectivity index (χ1v) is 6.89. The number of benzene rings is 1. The van der Waals surface area contributed by atoms with Crippen molar-refractivity contribution in [2.75, 3.05) is 27.0 Å². The Bertz CT molecular complexity index is 451. The third-order valence-corrected chi connectivity index (χ3v) is 4.24. The summed E-state index contributed by atoms with van der Waals surface area (Å²) in [5.41, 5.74) is 1.37. The highest BCUT2D eigenvalue weighted by Crippen LogP contribution is 2.41. The van der Waals surface area contributed by atoms with Crippen LogP contribution in [0.4, 0.5) is 0 Å². The van der Waals surface area contributed by atoms with Crippen LogP contribution in [0.2, 0.25) is 0 Å². The molecule has 1 aliphatic carbocycles. The molecule has 0 atom stereocenters. The Balaban J connectivity index is 1.61. The summed E-state index contributed by atoms with van der Waals surface area (Å²) in [6, 6.07) is 6.10. The summed E-state index contributed by atoms with van der Waals surface area (Å²) in [4.78, 5) is 2.28. The van der Waals surface area contributed by atoms with E-state index in [1.807, 2.05) is 12.1 Å². The maximum Gasteiger partial charge on any atom is 0.231 e. The van der Waals surface area contributed by atoms with Crippen molar-refractivity contribution in [1.29, 1.82) is 0 Å². The van der Waals surface area contributed by atoms with Crippen LogP contribution in [0, 0.1) is 5.41 Å². The summed E-state index contributed by atoms with van der Waals surface area (Å²) < 4.78 is 10.7. The van der Waals surface area contributed by atoms with Gasteiger partial charge in [0.15, 0.2) is 11.5 Å². The molecule has 0 spiro atoms. The van der Waals surface area contributed by atoms with E-state index in [4.69, 9.17) is 9.47 Å². The van der Waals surface area contributed by atoms with E-state index in [1.54, 1.807) is 0 Å². The molecule has 19 heavy (non-hydrogen) atoms. The first-order chi connectivity index (χ1) is 9.21.